The lowest BCUT2D eigenvalue weighted by atomic mass is 10.1. The molecule has 3 aromatic rings. The highest BCUT2D eigenvalue weighted by Gasteiger charge is 2.15. The zero-order valence-electron chi connectivity index (χ0n) is 18.2. The molecule has 3 aromatic carbocycles. The zero-order chi connectivity index (χ0) is 24.5. The van der Waals surface area contributed by atoms with Crippen LogP contribution in [0.2, 0.25) is 5.02 Å². The molecule has 9 heteroatoms. The van der Waals surface area contributed by atoms with Crippen LogP contribution in [0.15, 0.2) is 72.3 Å². The number of carbonyl (C=O) groups excluding carboxylic acids is 1. The first-order valence-electron chi connectivity index (χ1n) is 10.2. The quantitative estimate of drug-likeness (QED) is 0.181. The molecule has 0 fully saturated rings. The van der Waals surface area contributed by atoms with E-state index in [1.165, 1.54) is 18.2 Å². The number of ether oxygens (including phenoxy) is 2. The van der Waals surface area contributed by atoms with Crippen LogP contribution in [0, 0.1) is 21.4 Å². The molecule has 0 saturated carbocycles. The Kier molecular flexibility index (Phi) is 8.21. The van der Waals surface area contributed by atoms with Gasteiger partial charge in [0.1, 0.15) is 18.2 Å². The van der Waals surface area contributed by atoms with Crippen molar-refractivity contribution in [2.75, 3.05) is 11.9 Å². The highest BCUT2D eigenvalue weighted by molar-refractivity contribution is 6.32. The SMILES string of the molecule is CCOc1cc(/C=C(\C#N)C(=O)Nc2ccccc2)cc(Cl)c1OCc1cccc([N+](=O)[O-])c1. The maximum absolute atomic E-state index is 12.5. The summed E-state index contributed by atoms with van der Waals surface area (Å²) in [6, 6.07) is 19.9. The van der Waals surface area contributed by atoms with Gasteiger partial charge in [0.25, 0.3) is 11.6 Å². The zero-order valence-corrected chi connectivity index (χ0v) is 18.9. The van der Waals surface area contributed by atoms with Gasteiger partial charge >= 0.3 is 0 Å². The summed E-state index contributed by atoms with van der Waals surface area (Å²) in [7, 11) is 0. The van der Waals surface area contributed by atoms with Crippen molar-refractivity contribution in [3.8, 4) is 17.6 Å². The molecule has 0 unspecified atom stereocenters. The van der Waals surface area contributed by atoms with Crippen molar-refractivity contribution >= 4 is 35.0 Å². The molecule has 0 saturated heterocycles. The van der Waals surface area contributed by atoms with Crippen molar-refractivity contribution in [1.82, 2.24) is 0 Å². The van der Waals surface area contributed by atoms with Crippen LogP contribution in [0.25, 0.3) is 6.08 Å². The van der Waals surface area contributed by atoms with Crippen LogP contribution in [0.3, 0.4) is 0 Å². The molecule has 3 rings (SSSR count). The molecule has 0 aliphatic carbocycles. The number of nitro benzene ring substituents is 1. The number of para-hydroxylation sites is 1. The summed E-state index contributed by atoms with van der Waals surface area (Å²) in [4.78, 5) is 23.0. The van der Waals surface area contributed by atoms with Gasteiger partial charge in [-0.2, -0.15) is 5.26 Å². The Bertz CT molecular complexity index is 1270. The van der Waals surface area contributed by atoms with Crippen LogP contribution in [0.1, 0.15) is 18.1 Å². The molecule has 0 aliphatic heterocycles. The fourth-order valence-corrected chi connectivity index (χ4v) is 3.30. The molecule has 1 N–H and O–H groups in total. The largest absolute Gasteiger partial charge is 0.490 e. The minimum absolute atomic E-state index is 0.0274. The van der Waals surface area contributed by atoms with E-state index in [-0.39, 0.29) is 28.6 Å². The van der Waals surface area contributed by atoms with Crippen LogP contribution in [-0.4, -0.2) is 17.4 Å². The third-order valence-corrected chi connectivity index (χ3v) is 4.82. The summed E-state index contributed by atoms with van der Waals surface area (Å²) < 4.78 is 11.5. The van der Waals surface area contributed by atoms with E-state index in [2.05, 4.69) is 5.32 Å². The van der Waals surface area contributed by atoms with E-state index in [1.807, 2.05) is 12.1 Å². The Morgan fingerprint density at radius 3 is 2.59 bits per heavy atom. The molecule has 0 atom stereocenters. The monoisotopic (exact) mass is 477 g/mol. The van der Waals surface area contributed by atoms with Gasteiger partial charge < -0.3 is 14.8 Å². The highest BCUT2D eigenvalue weighted by atomic mass is 35.5. The molecule has 0 bridgehead atoms. The first-order chi connectivity index (χ1) is 16.4. The number of carbonyl (C=O) groups is 1. The average Bonchev–Trinajstić information content (AvgIpc) is 2.83. The molecule has 34 heavy (non-hydrogen) atoms. The summed E-state index contributed by atoms with van der Waals surface area (Å²) in [6.07, 6.45) is 1.40. The van der Waals surface area contributed by atoms with E-state index in [4.69, 9.17) is 21.1 Å². The number of non-ortho nitro benzene ring substituents is 1. The predicted molar refractivity (Wildman–Crippen MR) is 129 cm³/mol. The summed E-state index contributed by atoms with van der Waals surface area (Å²) in [5, 5.41) is 23.3. The number of hydrogen-bond acceptors (Lipinski definition) is 6. The van der Waals surface area contributed by atoms with Crippen molar-refractivity contribution in [2.24, 2.45) is 0 Å². The number of amides is 1. The van der Waals surface area contributed by atoms with Gasteiger partial charge in [0, 0.05) is 17.8 Å². The summed E-state index contributed by atoms with van der Waals surface area (Å²) in [6.45, 7) is 2.13. The first-order valence-corrected chi connectivity index (χ1v) is 10.6. The van der Waals surface area contributed by atoms with Crippen molar-refractivity contribution in [3.63, 3.8) is 0 Å². The molecule has 0 spiro atoms. The Labute approximate surface area is 201 Å². The lowest BCUT2D eigenvalue weighted by Gasteiger charge is -2.15. The number of nitrogens with zero attached hydrogens (tertiary/aromatic N) is 2. The van der Waals surface area contributed by atoms with Crippen molar-refractivity contribution < 1.29 is 19.2 Å². The van der Waals surface area contributed by atoms with Gasteiger partial charge in [-0.1, -0.05) is 41.9 Å². The normalized spacial score (nSPS) is 10.8. The van der Waals surface area contributed by atoms with E-state index in [9.17, 15) is 20.2 Å². The van der Waals surface area contributed by atoms with Gasteiger partial charge in [0.05, 0.1) is 16.6 Å². The number of hydrogen-bond donors (Lipinski definition) is 1. The topological polar surface area (TPSA) is 114 Å². The molecule has 1 amide bonds. The average molecular weight is 478 g/mol. The van der Waals surface area contributed by atoms with Crippen LogP contribution in [-0.2, 0) is 11.4 Å². The summed E-state index contributed by atoms with van der Waals surface area (Å²) in [5.41, 5.74) is 1.45. The van der Waals surface area contributed by atoms with Gasteiger partial charge in [0.2, 0.25) is 0 Å². The molecule has 0 heterocycles. The summed E-state index contributed by atoms with van der Waals surface area (Å²) >= 11 is 6.43. The predicted octanol–water partition coefficient (Wildman–Crippen LogP) is 5.77. The Balaban J connectivity index is 1.84. The van der Waals surface area contributed by atoms with Crippen LogP contribution >= 0.6 is 11.6 Å². The lowest BCUT2D eigenvalue weighted by molar-refractivity contribution is -0.384. The van der Waals surface area contributed by atoms with E-state index >= 15 is 0 Å². The highest BCUT2D eigenvalue weighted by Crippen LogP contribution is 2.38. The third kappa shape index (κ3) is 6.34. The minimum atomic E-state index is -0.561. The van der Waals surface area contributed by atoms with E-state index in [0.29, 0.717) is 29.2 Å². The Morgan fingerprint density at radius 2 is 1.91 bits per heavy atom. The molecule has 0 aliphatic rings. The van der Waals surface area contributed by atoms with Crippen molar-refractivity contribution in [2.45, 2.75) is 13.5 Å². The number of rotatable bonds is 9. The van der Waals surface area contributed by atoms with E-state index in [1.54, 1.807) is 55.5 Å². The molecular weight excluding hydrogens is 458 g/mol. The smallest absolute Gasteiger partial charge is 0.269 e. The van der Waals surface area contributed by atoms with Gasteiger partial charge in [-0.15, -0.1) is 0 Å². The molecule has 0 radical (unpaired) electrons. The second-order valence-electron chi connectivity index (χ2n) is 6.97. The van der Waals surface area contributed by atoms with Crippen LogP contribution in [0.4, 0.5) is 11.4 Å². The maximum Gasteiger partial charge on any atom is 0.269 e. The summed E-state index contributed by atoms with van der Waals surface area (Å²) in [5.74, 6) is 0.000589. The van der Waals surface area contributed by atoms with Gasteiger partial charge in [0.15, 0.2) is 11.5 Å². The van der Waals surface area contributed by atoms with E-state index < -0.39 is 10.8 Å². The van der Waals surface area contributed by atoms with Gasteiger partial charge in [-0.3, -0.25) is 14.9 Å². The Morgan fingerprint density at radius 1 is 1.15 bits per heavy atom. The first kappa shape index (κ1) is 24.3. The molecular formula is C25H20ClN3O5. The van der Waals surface area contributed by atoms with Gasteiger partial charge in [-0.25, -0.2) is 0 Å². The second kappa shape index (κ2) is 11.5. The number of nitriles is 1. The van der Waals surface area contributed by atoms with Gasteiger partial charge in [-0.05, 0) is 48.4 Å². The van der Waals surface area contributed by atoms with E-state index in [0.717, 1.165) is 0 Å². The fraction of sp³-hybridized carbons (Fsp3) is 0.120. The molecule has 8 nitrogen and oxygen atoms in total. The molecule has 172 valence electrons. The fourth-order valence-electron chi connectivity index (χ4n) is 3.02. The lowest BCUT2D eigenvalue weighted by Crippen LogP contribution is -2.13. The minimum Gasteiger partial charge on any atom is -0.490 e. The van der Waals surface area contributed by atoms with Crippen LogP contribution in [0.5, 0.6) is 11.5 Å². The second-order valence-corrected chi connectivity index (χ2v) is 7.38. The number of nitrogens with one attached hydrogen (secondary N) is 1. The number of halogens is 1. The van der Waals surface area contributed by atoms with Crippen molar-refractivity contribution in [1.29, 1.82) is 5.26 Å². The molecule has 0 aromatic heterocycles. The van der Waals surface area contributed by atoms with Crippen LogP contribution < -0.4 is 14.8 Å². The number of nitro groups is 1. The standard InChI is InChI=1S/C25H20ClN3O5/c1-2-33-23-14-18(11-19(15-27)25(30)28-20-8-4-3-5-9-20)13-22(26)24(23)34-16-17-7-6-10-21(12-17)29(31)32/h3-14H,2,16H2,1H3,(H,28,30)/b19-11+. The number of anilines is 1. The third-order valence-electron chi connectivity index (χ3n) is 4.54. The Hall–Kier alpha value is -4.35. The maximum atomic E-state index is 12.5. The number of benzene rings is 3. The van der Waals surface area contributed by atoms with Crippen molar-refractivity contribution in [3.05, 3.63) is 98.6 Å².